The number of alkyl halides is 6. The molecule has 2 aromatic rings. The molecule has 13 heteroatoms. The topological polar surface area (TPSA) is 82.1 Å². The van der Waals surface area contributed by atoms with E-state index in [0.717, 1.165) is 0 Å². The number of rotatable bonds is 5. The maximum atomic E-state index is 13.4. The molecule has 1 unspecified atom stereocenters. The SMILES string of the molecule is CC(OCC1(c2ccccc2)CC2(C1)C(=O)OC(=O)N2C(=O)OC(C)(C)C)c1cc(C(F)(F)F)cc(C(F)(F)F)c1. The Morgan fingerprint density at radius 1 is 0.951 bits per heavy atom. The molecule has 4 rings (SSSR count). The van der Waals surface area contributed by atoms with Gasteiger partial charge in [0.25, 0.3) is 0 Å². The number of hydrogen-bond acceptors (Lipinski definition) is 6. The van der Waals surface area contributed by atoms with Crippen molar-refractivity contribution in [2.45, 2.75) is 75.5 Å². The number of imide groups is 1. The summed E-state index contributed by atoms with van der Waals surface area (Å²) in [5.74, 6) is -0.972. The lowest BCUT2D eigenvalue weighted by Gasteiger charge is -2.54. The molecule has 2 fully saturated rings. The molecule has 1 aliphatic carbocycles. The van der Waals surface area contributed by atoms with Crippen LogP contribution in [0.2, 0.25) is 0 Å². The molecule has 0 aromatic heterocycles. The normalized spacial score (nSPS) is 23.8. The first kappa shape index (κ1) is 30.4. The molecule has 1 atom stereocenters. The minimum Gasteiger partial charge on any atom is -0.443 e. The molecule has 2 amide bonds. The fourth-order valence-electron chi connectivity index (χ4n) is 5.19. The molecule has 2 aromatic carbocycles. The highest BCUT2D eigenvalue weighted by atomic mass is 19.4. The monoisotopic (exact) mass is 587 g/mol. The van der Waals surface area contributed by atoms with E-state index in [4.69, 9.17) is 14.2 Å². The van der Waals surface area contributed by atoms with E-state index in [0.29, 0.717) is 22.6 Å². The predicted molar refractivity (Wildman–Crippen MR) is 130 cm³/mol. The summed E-state index contributed by atoms with van der Waals surface area (Å²) in [5.41, 5.74) is -6.44. The number of esters is 1. The predicted octanol–water partition coefficient (Wildman–Crippen LogP) is 7.19. The maximum absolute atomic E-state index is 13.4. The van der Waals surface area contributed by atoms with Gasteiger partial charge >= 0.3 is 30.5 Å². The largest absolute Gasteiger partial charge is 0.443 e. The highest BCUT2D eigenvalue weighted by molar-refractivity contribution is 6.07. The Kier molecular flexibility index (Phi) is 7.43. The van der Waals surface area contributed by atoms with Gasteiger partial charge in [-0.05, 0) is 69.9 Å². The summed E-state index contributed by atoms with van der Waals surface area (Å²) in [6.07, 6.45) is -13.9. The highest BCUT2D eigenvalue weighted by Gasteiger charge is 2.71. The standard InChI is InChI=1S/C28H27F6NO6/c1-16(17-10-19(27(29,30)31)12-20(11-17)28(32,33)34)39-15-25(18-8-6-5-7-9-18)13-26(14-25)21(36)40-22(37)35(26)23(38)41-24(2,3)4/h5-12,16H,13-15H2,1-4H3. The summed E-state index contributed by atoms with van der Waals surface area (Å²) in [5, 5.41) is 0. The third kappa shape index (κ3) is 5.90. The second-order valence-corrected chi connectivity index (χ2v) is 11.3. The van der Waals surface area contributed by atoms with E-state index in [1.165, 1.54) is 6.92 Å². The van der Waals surface area contributed by atoms with Gasteiger partial charge in [-0.2, -0.15) is 31.2 Å². The van der Waals surface area contributed by atoms with Gasteiger partial charge in [0, 0.05) is 5.41 Å². The smallest absolute Gasteiger partial charge is 0.428 e. The Bertz CT molecular complexity index is 1310. The van der Waals surface area contributed by atoms with E-state index < -0.39 is 64.3 Å². The summed E-state index contributed by atoms with van der Waals surface area (Å²) >= 11 is 0. The number of benzene rings is 2. The van der Waals surface area contributed by atoms with Crippen molar-refractivity contribution in [1.82, 2.24) is 4.90 Å². The number of nitrogens with zero attached hydrogens (tertiary/aromatic N) is 1. The Morgan fingerprint density at radius 2 is 1.49 bits per heavy atom. The van der Waals surface area contributed by atoms with Crippen LogP contribution >= 0.6 is 0 Å². The van der Waals surface area contributed by atoms with Crippen molar-refractivity contribution >= 4 is 18.2 Å². The van der Waals surface area contributed by atoms with Crippen LogP contribution in [0.4, 0.5) is 35.9 Å². The minimum atomic E-state index is -5.03. The Labute approximate surface area is 231 Å². The molecule has 1 saturated heterocycles. The number of carbonyl (C=O) groups excluding carboxylic acids is 3. The Hall–Kier alpha value is -3.61. The van der Waals surface area contributed by atoms with Crippen LogP contribution in [-0.2, 0) is 36.8 Å². The first-order valence-electron chi connectivity index (χ1n) is 12.5. The van der Waals surface area contributed by atoms with Crippen molar-refractivity contribution in [1.29, 1.82) is 0 Å². The van der Waals surface area contributed by atoms with Gasteiger partial charge in [0.15, 0.2) is 5.54 Å². The molecule has 222 valence electrons. The van der Waals surface area contributed by atoms with E-state index in [1.54, 1.807) is 51.1 Å². The molecule has 0 bridgehead atoms. The van der Waals surface area contributed by atoms with Crippen LogP contribution in [0.1, 0.15) is 68.9 Å². The van der Waals surface area contributed by atoms with Crippen molar-refractivity contribution in [3.8, 4) is 0 Å². The van der Waals surface area contributed by atoms with Gasteiger partial charge in [-0.1, -0.05) is 30.3 Å². The van der Waals surface area contributed by atoms with Crippen molar-refractivity contribution in [2.24, 2.45) is 0 Å². The fraction of sp³-hybridized carbons (Fsp3) is 0.464. The summed E-state index contributed by atoms with van der Waals surface area (Å²) < 4.78 is 96.2. The van der Waals surface area contributed by atoms with Crippen molar-refractivity contribution in [3.05, 3.63) is 70.8 Å². The first-order valence-corrected chi connectivity index (χ1v) is 12.5. The second kappa shape index (κ2) is 10.0. The van der Waals surface area contributed by atoms with Gasteiger partial charge in [-0.25, -0.2) is 14.4 Å². The summed E-state index contributed by atoms with van der Waals surface area (Å²) in [4.78, 5) is 38.9. The number of amides is 2. The Balaban J connectivity index is 1.64. The average Bonchev–Trinajstić information content (AvgIpc) is 3.09. The Morgan fingerprint density at radius 3 is 1.98 bits per heavy atom. The second-order valence-electron chi connectivity index (χ2n) is 11.3. The molecular formula is C28H27F6NO6. The zero-order valence-electron chi connectivity index (χ0n) is 22.5. The van der Waals surface area contributed by atoms with Crippen LogP contribution in [0.25, 0.3) is 0 Å². The van der Waals surface area contributed by atoms with Crippen LogP contribution in [0.5, 0.6) is 0 Å². The minimum absolute atomic E-state index is 0.0331. The van der Waals surface area contributed by atoms with Crippen LogP contribution in [0.3, 0.4) is 0 Å². The fourth-order valence-corrected chi connectivity index (χ4v) is 5.19. The summed E-state index contributed by atoms with van der Waals surface area (Å²) in [6, 6.07) is 9.72. The highest BCUT2D eigenvalue weighted by Crippen LogP contribution is 2.56. The molecule has 1 saturated carbocycles. The molecular weight excluding hydrogens is 560 g/mol. The third-order valence-corrected chi connectivity index (χ3v) is 7.08. The van der Waals surface area contributed by atoms with Gasteiger partial charge < -0.3 is 14.2 Å². The molecule has 41 heavy (non-hydrogen) atoms. The first-order chi connectivity index (χ1) is 18.8. The number of carbonyl (C=O) groups is 3. The van der Waals surface area contributed by atoms with Gasteiger partial charge in [-0.3, -0.25) is 0 Å². The van der Waals surface area contributed by atoms with Crippen LogP contribution in [0.15, 0.2) is 48.5 Å². The lowest BCUT2D eigenvalue weighted by atomic mass is 9.54. The van der Waals surface area contributed by atoms with Gasteiger partial charge in [0.05, 0.1) is 23.8 Å². The van der Waals surface area contributed by atoms with E-state index in [-0.39, 0.29) is 31.1 Å². The zero-order chi connectivity index (χ0) is 30.6. The molecule has 2 aliphatic rings. The number of cyclic esters (lactones) is 2. The van der Waals surface area contributed by atoms with Gasteiger partial charge in [-0.15, -0.1) is 0 Å². The molecule has 1 heterocycles. The van der Waals surface area contributed by atoms with Crippen LogP contribution in [0, 0.1) is 0 Å². The average molecular weight is 588 g/mol. The summed E-state index contributed by atoms with van der Waals surface area (Å²) in [6.45, 7) is 5.76. The number of ether oxygens (including phenoxy) is 3. The molecule has 1 spiro atoms. The maximum Gasteiger partial charge on any atom is 0.428 e. The van der Waals surface area contributed by atoms with E-state index >= 15 is 0 Å². The van der Waals surface area contributed by atoms with Crippen LogP contribution in [-0.4, -0.2) is 40.8 Å². The van der Waals surface area contributed by atoms with Crippen LogP contribution < -0.4 is 0 Å². The third-order valence-electron chi connectivity index (χ3n) is 7.08. The zero-order valence-corrected chi connectivity index (χ0v) is 22.5. The molecule has 0 N–H and O–H groups in total. The van der Waals surface area contributed by atoms with Gasteiger partial charge in [0.1, 0.15) is 5.60 Å². The lowest BCUT2D eigenvalue weighted by Crippen LogP contribution is -2.67. The number of halogens is 6. The molecule has 0 radical (unpaired) electrons. The number of hydrogen-bond donors (Lipinski definition) is 0. The van der Waals surface area contributed by atoms with Crippen molar-refractivity contribution < 1.29 is 54.9 Å². The van der Waals surface area contributed by atoms with E-state index in [1.807, 2.05) is 0 Å². The van der Waals surface area contributed by atoms with E-state index in [9.17, 15) is 40.7 Å². The molecule has 1 aliphatic heterocycles. The van der Waals surface area contributed by atoms with Crippen molar-refractivity contribution in [2.75, 3.05) is 6.61 Å². The summed E-state index contributed by atoms with van der Waals surface area (Å²) in [7, 11) is 0. The van der Waals surface area contributed by atoms with Gasteiger partial charge in [0.2, 0.25) is 0 Å². The molecule has 7 nitrogen and oxygen atoms in total. The van der Waals surface area contributed by atoms with Crippen molar-refractivity contribution in [3.63, 3.8) is 0 Å². The quantitative estimate of drug-likeness (QED) is 0.209. The lowest BCUT2D eigenvalue weighted by molar-refractivity contribution is -0.151. The van der Waals surface area contributed by atoms with E-state index in [2.05, 4.69) is 0 Å².